The molecule has 106 valence electrons. The first-order valence-electron chi connectivity index (χ1n) is 6.08. The van der Waals surface area contributed by atoms with E-state index < -0.39 is 24.0 Å². The van der Waals surface area contributed by atoms with Gasteiger partial charge in [0.15, 0.2) is 5.92 Å². The molecule has 1 heterocycles. The molecule has 1 rings (SSSR count). The van der Waals surface area contributed by atoms with E-state index in [1.807, 2.05) is 13.0 Å². The summed E-state index contributed by atoms with van der Waals surface area (Å²) in [5.41, 5.74) is 0.830. The average molecular weight is 286 g/mol. The predicted molar refractivity (Wildman–Crippen MR) is 70.8 cm³/mol. The van der Waals surface area contributed by atoms with Crippen molar-refractivity contribution in [1.82, 2.24) is 0 Å². The van der Waals surface area contributed by atoms with Crippen LogP contribution in [0.5, 0.6) is 0 Å². The zero-order valence-corrected chi connectivity index (χ0v) is 12.0. The lowest BCUT2D eigenvalue weighted by Gasteiger charge is -2.19. The lowest BCUT2D eigenvalue weighted by atomic mass is 9.99. The first kappa shape index (κ1) is 15.7. The van der Waals surface area contributed by atoms with Crippen molar-refractivity contribution in [2.75, 3.05) is 13.2 Å². The summed E-state index contributed by atoms with van der Waals surface area (Å²) >= 11 is 1.29. The molecule has 19 heavy (non-hydrogen) atoms. The number of carbonyl (C=O) groups is 2. The van der Waals surface area contributed by atoms with E-state index in [0.29, 0.717) is 4.88 Å². The lowest BCUT2D eigenvalue weighted by Crippen LogP contribution is -2.33. The summed E-state index contributed by atoms with van der Waals surface area (Å²) in [6.07, 6.45) is -1.24. The van der Waals surface area contributed by atoms with Gasteiger partial charge in [-0.15, -0.1) is 11.3 Å². The number of ether oxygens (including phenoxy) is 2. The summed E-state index contributed by atoms with van der Waals surface area (Å²) in [6.45, 7) is 5.38. The van der Waals surface area contributed by atoms with Crippen LogP contribution in [0.3, 0.4) is 0 Å². The van der Waals surface area contributed by atoms with Gasteiger partial charge in [-0.25, -0.2) is 0 Å². The van der Waals surface area contributed by atoms with Crippen molar-refractivity contribution < 1.29 is 24.2 Å². The number of hydrogen-bond donors (Lipinski definition) is 1. The number of rotatable bonds is 6. The van der Waals surface area contributed by atoms with Gasteiger partial charge in [0.2, 0.25) is 0 Å². The zero-order chi connectivity index (χ0) is 14.4. The van der Waals surface area contributed by atoms with Crippen LogP contribution < -0.4 is 0 Å². The van der Waals surface area contributed by atoms with Gasteiger partial charge in [0.1, 0.15) is 6.10 Å². The van der Waals surface area contributed by atoms with E-state index >= 15 is 0 Å². The van der Waals surface area contributed by atoms with Crippen molar-refractivity contribution in [2.45, 2.75) is 26.9 Å². The van der Waals surface area contributed by atoms with Gasteiger partial charge in [-0.3, -0.25) is 9.59 Å². The first-order valence-corrected chi connectivity index (χ1v) is 6.96. The molecule has 6 heteroatoms. The molecule has 0 radical (unpaired) electrons. The van der Waals surface area contributed by atoms with Crippen LogP contribution in [0.1, 0.15) is 30.4 Å². The highest BCUT2D eigenvalue weighted by molar-refractivity contribution is 7.10. The van der Waals surface area contributed by atoms with Crippen LogP contribution in [0.25, 0.3) is 0 Å². The molecular weight excluding hydrogens is 268 g/mol. The Balaban J connectivity index is 2.99. The monoisotopic (exact) mass is 286 g/mol. The molecule has 1 aromatic heterocycles. The summed E-state index contributed by atoms with van der Waals surface area (Å²) in [4.78, 5) is 24.2. The maximum absolute atomic E-state index is 11.8. The first-order chi connectivity index (χ1) is 9.02. The third kappa shape index (κ3) is 3.78. The molecule has 0 saturated carbocycles. The number of aryl methyl sites for hydroxylation is 1. The van der Waals surface area contributed by atoms with Crippen LogP contribution in [0.4, 0.5) is 0 Å². The van der Waals surface area contributed by atoms with Crippen molar-refractivity contribution in [3.63, 3.8) is 0 Å². The van der Waals surface area contributed by atoms with E-state index in [1.54, 1.807) is 19.2 Å². The van der Waals surface area contributed by atoms with Crippen molar-refractivity contribution in [3.05, 3.63) is 21.9 Å². The fraction of sp³-hybridized carbons (Fsp3) is 0.538. The highest BCUT2D eigenvalue weighted by atomic mass is 32.1. The third-order valence-electron chi connectivity index (χ3n) is 2.57. The number of thiophene rings is 1. The number of aliphatic hydroxyl groups excluding tert-OH is 1. The SMILES string of the molecule is CCOC(=O)C(C(=O)OCC)C(O)c1sccc1C. The lowest BCUT2D eigenvalue weighted by molar-refractivity contribution is -0.167. The largest absolute Gasteiger partial charge is 0.465 e. The summed E-state index contributed by atoms with van der Waals surface area (Å²) in [5.74, 6) is -2.86. The molecule has 0 aliphatic rings. The van der Waals surface area contributed by atoms with Gasteiger partial charge in [-0.2, -0.15) is 0 Å². The molecule has 1 aromatic rings. The molecule has 0 aromatic carbocycles. The molecule has 5 nitrogen and oxygen atoms in total. The average Bonchev–Trinajstić information content (AvgIpc) is 2.76. The molecule has 0 bridgehead atoms. The van der Waals surface area contributed by atoms with E-state index in [9.17, 15) is 14.7 Å². The predicted octanol–water partition coefficient (Wildman–Crippen LogP) is 1.83. The molecule has 0 fully saturated rings. The second-order valence-electron chi connectivity index (χ2n) is 3.89. The number of carbonyl (C=O) groups excluding carboxylic acids is 2. The highest BCUT2D eigenvalue weighted by Gasteiger charge is 2.38. The van der Waals surface area contributed by atoms with Crippen LogP contribution in [0.15, 0.2) is 11.4 Å². The number of aliphatic hydroxyl groups is 1. The Morgan fingerprint density at radius 3 is 2.16 bits per heavy atom. The number of hydrogen-bond acceptors (Lipinski definition) is 6. The fourth-order valence-corrected chi connectivity index (χ4v) is 2.61. The Bertz CT molecular complexity index is 422. The van der Waals surface area contributed by atoms with Crippen molar-refractivity contribution in [2.24, 2.45) is 5.92 Å². The Labute approximate surface area is 116 Å². The minimum absolute atomic E-state index is 0.144. The van der Waals surface area contributed by atoms with Gasteiger partial charge in [-0.1, -0.05) is 0 Å². The van der Waals surface area contributed by atoms with E-state index in [4.69, 9.17) is 9.47 Å². The number of esters is 2. The Kier molecular flexibility index (Phi) is 5.98. The van der Waals surface area contributed by atoms with Crippen molar-refractivity contribution in [1.29, 1.82) is 0 Å². The van der Waals surface area contributed by atoms with E-state index in [2.05, 4.69) is 0 Å². The Morgan fingerprint density at radius 2 is 1.79 bits per heavy atom. The van der Waals surface area contributed by atoms with Crippen LogP contribution >= 0.6 is 11.3 Å². The second kappa shape index (κ2) is 7.25. The zero-order valence-electron chi connectivity index (χ0n) is 11.2. The fourth-order valence-electron chi connectivity index (χ4n) is 1.66. The molecular formula is C13H18O5S. The molecule has 0 aliphatic carbocycles. The van der Waals surface area contributed by atoms with E-state index in [1.165, 1.54) is 11.3 Å². The summed E-state index contributed by atoms with van der Waals surface area (Å²) in [7, 11) is 0. The van der Waals surface area contributed by atoms with Gasteiger partial charge in [0.25, 0.3) is 0 Å². The second-order valence-corrected chi connectivity index (χ2v) is 4.84. The molecule has 0 aliphatic heterocycles. The summed E-state index contributed by atoms with van der Waals surface area (Å²) < 4.78 is 9.67. The van der Waals surface area contributed by atoms with E-state index in [-0.39, 0.29) is 13.2 Å². The molecule has 0 amide bonds. The third-order valence-corrected chi connectivity index (χ3v) is 3.66. The maximum Gasteiger partial charge on any atom is 0.323 e. The van der Waals surface area contributed by atoms with Gasteiger partial charge >= 0.3 is 11.9 Å². The Hall–Kier alpha value is -1.40. The van der Waals surface area contributed by atoms with Gasteiger partial charge in [-0.05, 0) is 37.8 Å². The van der Waals surface area contributed by atoms with Gasteiger partial charge < -0.3 is 14.6 Å². The smallest absolute Gasteiger partial charge is 0.323 e. The minimum atomic E-state index is -1.34. The van der Waals surface area contributed by atoms with Crippen molar-refractivity contribution in [3.8, 4) is 0 Å². The van der Waals surface area contributed by atoms with Gasteiger partial charge in [0, 0.05) is 4.88 Å². The Morgan fingerprint density at radius 1 is 1.26 bits per heavy atom. The molecule has 1 atom stereocenters. The quantitative estimate of drug-likeness (QED) is 0.638. The highest BCUT2D eigenvalue weighted by Crippen LogP contribution is 2.31. The topological polar surface area (TPSA) is 72.8 Å². The summed E-state index contributed by atoms with van der Waals surface area (Å²) in [6, 6.07) is 1.82. The van der Waals surface area contributed by atoms with Crippen molar-refractivity contribution >= 4 is 23.3 Å². The molecule has 0 saturated heterocycles. The maximum atomic E-state index is 11.8. The van der Waals surface area contributed by atoms with Crippen LogP contribution in [-0.2, 0) is 19.1 Å². The molecule has 1 unspecified atom stereocenters. The van der Waals surface area contributed by atoms with Gasteiger partial charge in [0.05, 0.1) is 13.2 Å². The van der Waals surface area contributed by atoms with E-state index in [0.717, 1.165) is 5.56 Å². The molecule has 0 spiro atoms. The minimum Gasteiger partial charge on any atom is -0.465 e. The standard InChI is InChI=1S/C13H18O5S/c1-4-17-12(15)9(13(16)18-5-2)10(14)11-8(3)6-7-19-11/h6-7,9-10,14H,4-5H2,1-3H3. The normalized spacial score (nSPS) is 12.3. The summed E-state index contributed by atoms with van der Waals surface area (Å²) in [5, 5.41) is 12.0. The van der Waals surface area contributed by atoms with Crippen LogP contribution in [0, 0.1) is 12.8 Å². The van der Waals surface area contributed by atoms with Crippen LogP contribution in [0.2, 0.25) is 0 Å². The van der Waals surface area contributed by atoms with Crippen LogP contribution in [-0.4, -0.2) is 30.3 Å². The molecule has 1 N–H and O–H groups in total.